The molecule has 0 heterocycles. The summed E-state index contributed by atoms with van der Waals surface area (Å²) in [5.41, 5.74) is 0.988. The van der Waals surface area contributed by atoms with Crippen LogP contribution in [0, 0.1) is 6.92 Å². The molecule has 0 saturated heterocycles. The lowest BCUT2D eigenvalue weighted by Crippen LogP contribution is -1.97. The molecule has 2 heteroatoms. The molecule has 1 radical (unpaired) electrons. The summed E-state index contributed by atoms with van der Waals surface area (Å²) in [7, 11) is 3.24. The number of benzene rings is 1. The Morgan fingerprint density at radius 2 is 2.00 bits per heavy atom. The highest BCUT2D eigenvalue weighted by molar-refractivity contribution is 5.49. The van der Waals surface area contributed by atoms with Crippen molar-refractivity contribution in [2.75, 3.05) is 14.2 Å². The highest BCUT2D eigenvalue weighted by atomic mass is 16.5. The average molecular weight is 191 g/mol. The minimum absolute atomic E-state index is 0.0139. The molecule has 1 unspecified atom stereocenters. The van der Waals surface area contributed by atoms with Crippen LogP contribution >= 0.6 is 0 Å². The predicted octanol–water partition coefficient (Wildman–Crippen LogP) is 2.81. The Hall–Kier alpha value is -1.44. The second-order valence-corrected chi connectivity index (χ2v) is 2.92. The highest BCUT2D eigenvalue weighted by Gasteiger charge is 2.12. The second kappa shape index (κ2) is 4.70. The molecule has 2 nitrogen and oxygen atoms in total. The fourth-order valence-corrected chi connectivity index (χ4v) is 1.33. The van der Waals surface area contributed by atoms with Gasteiger partial charge in [-0.1, -0.05) is 18.2 Å². The minimum atomic E-state index is 0.0139. The third-order valence-electron chi connectivity index (χ3n) is 2.12. The molecule has 1 rings (SSSR count). The van der Waals surface area contributed by atoms with Gasteiger partial charge in [-0.15, -0.1) is 6.58 Å². The molecule has 0 aromatic heterocycles. The van der Waals surface area contributed by atoms with Crippen LogP contribution in [0.15, 0.2) is 30.9 Å². The van der Waals surface area contributed by atoms with Gasteiger partial charge in [-0.25, -0.2) is 0 Å². The summed E-state index contributed by atoms with van der Waals surface area (Å²) in [5, 5.41) is 0. The largest absolute Gasteiger partial charge is 0.493 e. The molecular weight excluding hydrogens is 176 g/mol. The third-order valence-corrected chi connectivity index (χ3v) is 2.12. The molecule has 1 aromatic rings. The van der Waals surface area contributed by atoms with Gasteiger partial charge in [-0.05, 0) is 13.0 Å². The van der Waals surface area contributed by atoms with E-state index in [0.717, 1.165) is 17.1 Å². The maximum Gasteiger partial charge on any atom is 0.164 e. The molecule has 0 aliphatic rings. The molecule has 0 fully saturated rings. The van der Waals surface area contributed by atoms with Crippen molar-refractivity contribution in [3.8, 4) is 11.5 Å². The first-order chi connectivity index (χ1) is 6.74. The number of rotatable bonds is 4. The van der Waals surface area contributed by atoms with Gasteiger partial charge in [0.25, 0.3) is 0 Å². The first-order valence-corrected chi connectivity index (χ1v) is 4.41. The Bertz CT molecular complexity index is 318. The van der Waals surface area contributed by atoms with Crippen molar-refractivity contribution in [2.45, 2.75) is 5.92 Å². The van der Waals surface area contributed by atoms with E-state index in [1.807, 2.05) is 18.2 Å². The van der Waals surface area contributed by atoms with Gasteiger partial charge in [0.2, 0.25) is 0 Å². The Kier molecular flexibility index (Phi) is 3.57. The van der Waals surface area contributed by atoms with Gasteiger partial charge in [0.15, 0.2) is 11.5 Å². The molecule has 0 spiro atoms. The lowest BCUT2D eigenvalue weighted by molar-refractivity contribution is 0.351. The maximum atomic E-state index is 5.28. The van der Waals surface area contributed by atoms with Crippen molar-refractivity contribution in [3.05, 3.63) is 43.3 Å². The summed E-state index contributed by atoms with van der Waals surface area (Å²) >= 11 is 0. The maximum absolute atomic E-state index is 5.28. The smallest absolute Gasteiger partial charge is 0.164 e. The van der Waals surface area contributed by atoms with Gasteiger partial charge in [0, 0.05) is 11.5 Å². The van der Waals surface area contributed by atoms with Gasteiger partial charge >= 0.3 is 0 Å². The van der Waals surface area contributed by atoms with E-state index in [1.54, 1.807) is 20.3 Å². The predicted molar refractivity (Wildman–Crippen MR) is 57.8 cm³/mol. The average Bonchev–Trinajstić information content (AvgIpc) is 2.26. The van der Waals surface area contributed by atoms with Crippen molar-refractivity contribution in [1.82, 2.24) is 0 Å². The van der Waals surface area contributed by atoms with Crippen molar-refractivity contribution < 1.29 is 9.47 Å². The molecule has 0 N–H and O–H groups in total. The Balaban J connectivity index is 3.21. The Morgan fingerprint density at radius 3 is 2.50 bits per heavy atom. The van der Waals surface area contributed by atoms with Crippen molar-refractivity contribution >= 4 is 0 Å². The van der Waals surface area contributed by atoms with E-state index in [2.05, 4.69) is 13.5 Å². The molecule has 0 aliphatic carbocycles. The van der Waals surface area contributed by atoms with E-state index in [9.17, 15) is 0 Å². The highest BCUT2D eigenvalue weighted by Crippen LogP contribution is 2.35. The van der Waals surface area contributed by atoms with Crippen LogP contribution in [0.4, 0.5) is 0 Å². The van der Waals surface area contributed by atoms with E-state index in [1.165, 1.54) is 0 Å². The molecule has 75 valence electrons. The number of hydrogen-bond acceptors (Lipinski definition) is 2. The molecular formula is C12H15O2. The summed E-state index contributed by atoms with van der Waals surface area (Å²) in [6.07, 6.45) is 1.78. The standard InChI is InChI=1S/C12H15O2/c1-5-9(2)10-7-6-8-11(13-3)12(10)14-4/h5-9H,1-2H2,3-4H3. The van der Waals surface area contributed by atoms with Crippen LogP contribution in [0.5, 0.6) is 11.5 Å². The molecule has 1 aromatic carbocycles. The summed E-state index contributed by atoms with van der Waals surface area (Å²) in [6.45, 7) is 7.67. The fraction of sp³-hybridized carbons (Fsp3) is 0.250. The van der Waals surface area contributed by atoms with Gasteiger partial charge in [-0.2, -0.15) is 0 Å². The first kappa shape index (κ1) is 10.6. The van der Waals surface area contributed by atoms with Crippen LogP contribution in [0.2, 0.25) is 0 Å². The number of para-hydroxylation sites is 1. The molecule has 14 heavy (non-hydrogen) atoms. The molecule has 0 saturated carbocycles. The summed E-state index contributed by atoms with van der Waals surface area (Å²) < 4.78 is 10.5. The summed E-state index contributed by atoms with van der Waals surface area (Å²) in [4.78, 5) is 0. The van der Waals surface area contributed by atoms with Gasteiger partial charge in [-0.3, -0.25) is 0 Å². The van der Waals surface area contributed by atoms with Crippen molar-refractivity contribution in [2.24, 2.45) is 0 Å². The number of allylic oxidation sites excluding steroid dienone is 1. The normalized spacial score (nSPS) is 11.9. The number of ether oxygens (including phenoxy) is 2. The topological polar surface area (TPSA) is 18.5 Å². The van der Waals surface area contributed by atoms with Gasteiger partial charge in [0.1, 0.15) is 0 Å². The number of hydrogen-bond donors (Lipinski definition) is 0. The Morgan fingerprint density at radius 1 is 1.29 bits per heavy atom. The van der Waals surface area contributed by atoms with Gasteiger partial charge < -0.3 is 9.47 Å². The quantitative estimate of drug-likeness (QED) is 0.681. The fourth-order valence-electron chi connectivity index (χ4n) is 1.33. The van der Waals surface area contributed by atoms with Crippen LogP contribution < -0.4 is 9.47 Å². The van der Waals surface area contributed by atoms with Gasteiger partial charge in [0.05, 0.1) is 14.2 Å². The van der Waals surface area contributed by atoms with Crippen LogP contribution in [0.1, 0.15) is 11.5 Å². The van der Waals surface area contributed by atoms with Crippen LogP contribution in [-0.4, -0.2) is 14.2 Å². The molecule has 0 bridgehead atoms. The Labute approximate surface area is 85.2 Å². The second-order valence-electron chi connectivity index (χ2n) is 2.92. The van der Waals surface area contributed by atoms with Crippen LogP contribution in [-0.2, 0) is 0 Å². The molecule has 1 atom stereocenters. The SMILES string of the molecule is [CH2]C(C=C)c1cccc(OC)c1OC. The zero-order valence-electron chi connectivity index (χ0n) is 8.62. The van der Waals surface area contributed by atoms with Crippen molar-refractivity contribution in [3.63, 3.8) is 0 Å². The lowest BCUT2D eigenvalue weighted by atomic mass is 10.00. The molecule has 0 aliphatic heterocycles. The molecule has 0 amide bonds. The van der Waals surface area contributed by atoms with E-state index in [0.29, 0.717) is 0 Å². The van der Waals surface area contributed by atoms with Crippen LogP contribution in [0.3, 0.4) is 0 Å². The zero-order chi connectivity index (χ0) is 10.6. The van der Waals surface area contributed by atoms with E-state index in [-0.39, 0.29) is 5.92 Å². The lowest BCUT2D eigenvalue weighted by Gasteiger charge is -2.14. The van der Waals surface area contributed by atoms with E-state index in [4.69, 9.17) is 9.47 Å². The van der Waals surface area contributed by atoms with E-state index < -0.39 is 0 Å². The van der Waals surface area contributed by atoms with Crippen LogP contribution in [0.25, 0.3) is 0 Å². The number of methoxy groups -OCH3 is 2. The third kappa shape index (κ3) is 1.90. The summed E-state index contributed by atoms with van der Waals surface area (Å²) in [5.74, 6) is 1.47. The first-order valence-electron chi connectivity index (χ1n) is 4.41. The minimum Gasteiger partial charge on any atom is -0.493 e. The zero-order valence-corrected chi connectivity index (χ0v) is 8.62. The summed E-state index contributed by atoms with van der Waals surface area (Å²) in [6, 6.07) is 5.73. The van der Waals surface area contributed by atoms with Crippen molar-refractivity contribution in [1.29, 1.82) is 0 Å². The van der Waals surface area contributed by atoms with E-state index >= 15 is 0 Å². The monoisotopic (exact) mass is 191 g/mol.